The van der Waals surface area contributed by atoms with Crippen molar-refractivity contribution in [2.45, 2.75) is 123 Å². The van der Waals surface area contributed by atoms with E-state index < -0.39 is 18.0 Å². The van der Waals surface area contributed by atoms with Crippen LogP contribution in [0, 0.1) is 0 Å². The van der Waals surface area contributed by atoms with Gasteiger partial charge in [0.2, 0.25) is 0 Å². The minimum absolute atomic E-state index is 0. The zero-order chi connectivity index (χ0) is 20.0. The maximum atomic E-state index is 10.3. The van der Waals surface area contributed by atoms with Crippen molar-refractivity contribution in [1.29, 1.82) is 0 Å². The first kappa shape index (κ1) is 31.3. The second kappa shape index (κ2) is 25.6. The predicted octanol–water partition coefficient (Wildman–Crippen LogP) is 5.78. The number of carbonyl (C=O) groups is 2. The number of unbranched alkanes of at least 4 members (excludes halogenated alkanes) is 14. The number of aliphatic hydroxyl groups is 1. The molecule has 0 spiro atoms. The number of carboxylic acids is 2. The summed E-state index contributed by atoms with van der Waals surface area (Å²) in [4.78, 5) is 19.8. The van der Waals surface area contributed by atoms with Crippen molar-refractivity contribution in [1.82, 2.24) is 0 Å². The van der Waals surface area contributed by atoms with Crippen molar-refractivity contribution < 1.29 is 46.6 Å². The molecule has 0 heterocycles. The van der Waals surface area contributed by atoms with E-state index in [0.29, 0.717) is 6.42 Å². The van der Waals surface area contributed by atoms with Gasteiger partial charge in [-0.1, -0.05) is 96.8 Å². The molecule has 0 aliphatic carbocycles. The smallest absolute Gasteiger partial charge is 0.332 e. The zero-order valence-corrected chi connectivity index (χ0v) is 19.1. The number of carboxylic acid groups (broad SMARTS) is 2. The molecule has 27 heavy (non-hydrogen) atoms. The third kappa shape index (κ3) is 33.6. The van der Waals surface area contributed by atoms with E-state index in [0.717, 1.165) is 12.8 Å². The molecule has 1 unspecified atom stereocenters. The van der Waals surface area contributed by atoms with E-state index in [9.17, 15) is 9.59 Å². The van der Waals surface area contributed by atoms with Crippen LogP contribution in [0.3, 0.4) is 0 Å². The van der Waals surface area contributed by atoms with Crippen LogP contribution in [0.5, 0.6) is 0 Å². The van der Waals surface area contributed by atoms with Crippen LogP contribution < -0.4 is 0 Å². The summed E-state index contributed by atoms with van der Waals surface area (Å²) in [5, 5.41) is 24.3. The van der Waals surface area contributed by atoms with Crippen molar-refractivity contribution >= 4 is 11.9 Å². The molecule has 5 nitrogen and oxygen atoms in total. The number of hydrogen-bond acceptors (Lipinski definition) is 3. The van der Waals surface area contributed by atoms with Gasteiger partial charge in [-0.05, 0) is 13.3 Å². The van der Waals surface area contributed by atoms with Gasteiger partial charge in [-0.15, -0.1) is 0 Å². The van der Waals surface area contributed by atoms with Crippen LogP contribution in [0.2, 0.25) is 0 Å². The van der Waals surface area contributed by atoms with Crippen LogP contribution in [0.1, 0.15) is 117 Å². The fraction of sp³-hybridized carbons (Fsp3) is 0.905. The van der Waals surface area contributed by atoms with Gasteiger partial charge in [-0.2, -0.15) is 0 Å². The van der Waals surface area contributed by atoms with Gasteiger partial charge in [0, 0.05) is 28.1 Å². The number of hydrogen-bond donors (Lipinski definition) is 3. The number of aliphatic hydroxyl groups excluding tert-OH is 1. The molecule has 0 saturated carbocycles. The molecule has 1 atom stereocenters. The summed E-state index contributed by atoms with van der Waals surface area (Å²) in [5.74, 6) is -1.84. The molecule has 0 radical (unpaired) electrons. The predicted molar refractivity (Wildman–Crippen MR) is 106 cm³/mol. The van der Waals surface area contributed by atoms with Gasteiger partial charge >= 0.3 is 11.9 Å². The molecule has 0 rings (SSSR count). The molecule has 0 saturated heterocycles. The van der Waals surface area contributed by atoms with E-state index in [2.05, 4.69) is 6.92 Å². The molecule has 0 amide bonds. The van der Waals surface area contributed by atoms with Gasteiger partial charge < -0.3 is 15.3 Å². The Morgan fingerprint density at radius 1 is 0.667 bits per heavy atom. The van der Waals surface area contributed by atoms with Gasteiger partial charge in [0.05, 0.1) is 0 Å². The summed E-state index contributed by atoms with van der Waals surface area (Å²) in [6.45, 7) is 3.47. The fourth-order valence-corrected chi connectivity index (χ4v) is 2.65. The number of aliphatic carboxylic acids is 2. The van der Waals surface area contributed by atoms with Crippen molar-refractivity contribution in [2.24, 2.45) is 0 Å². The van der Waals surface area contributed by atoms with Crippen LogP contribution in [-0.4, -0.2) is 33.4 Å². The Kier molecular flexibility index (Phi) is 29.7. The monoisotopic (exact) mass is 422 g/mol. The first-order chi connectivity index (χ1) is 12.4. The van der Waals surface area contributed by atoms with E-state index >= 15 is 0 Å². The van der Waals surface area contributed by atoms with E-state index in [-0.39, 0.29) is 21.7 Å². The van der Waals surface area contributed by atoms with Crippen LogP contribution in [0.4, 0.5) is 0 Å². The van der Waals surface area contributed by atoms with Crippen molar-refractivity contribution in [3.63, 3.8) is 0 Å². The molecule has 0 fully saturated rings. The SMILES string of the molecule is CC(O)C(=O)O.CCCCCCCCCCCCCCCCCC(=O)O.[Ti]. The molecule has 0 bridgehead atoms. The molecule has 0 aliphatic rings. The van der Waals surface area contributed by atoms with Crippen LogP contribution in [-0.2, 0) is 31.3 Å². The quantitative estimate of drug-likeness (QED) is 0.204. The van der Waals surface area contributed by atoms with Gasteiger partial charge in [-0.25, -0.2) is 4.79 Å². The van der Waals surface area contributed by atoms with Gasteiger partial charge in [0.25, 0.3) is 0 Å². The summed E-state index contributed by atoms with van der Waals surface area (Å²) in [5.41, 5.74) is 0. The summed E-state index contributed by atoms with van der Waals surface area (Å²) >= 11 is 0. The minimum atomic E-state index is -1.23. The van der Waals surface area contributed by atoms with Crippen molar-refractivity contribution in [3.8, 4) is 0 Å². The normalized spacial score (nSPS) is 11.1. The van der Waals surface area contributed by atoms with Crippen molar-refractivity contribution in [2.75, 3.05) is 0 Å². The second-order valence-corrected chi connectivity index (χ2v) is 7.11. The van der Waals surface area contributed by atoms with E-state index in [4.69, 9.17) is 15.3 Å². The maximum Gasteiger partial charge on any atom is 0.332 e. The Balaban J connectivity index is -0.000000709. The average molecular weight is 422 g/mol. The van der Waals surface area contributed by atoms with E-state index in [1.165, 1.54) is 90.4 Å². The molecular weight excluding hydrogens is 380 g/mol. The Morgan fingerprint density at radius 3 is 1.15 bits per heavy atom. The summed E-state index contributed by atoms with van der Waals surface area (Å²) < 4.78 is 0. The van der Waals surface area contributed by atoms with Crippen LogP contribution >= 0.6 is 0 Å². The molecule has 0 aliphatic heterocycles. The summed E-state index contributed by atoms with van der Waals surface area (Å²) in [7, 11) is 0. The third-order valence-corrected chi connectivity index (χ3v) is 4.35. The molecule has 160 valence electrons. The average Bonchev–Trinajstić information content (AvgIpc) is 2.58. The Morgan fingerprint density at radius 2 is 0.926 bits per heavy atom. The maximum absolute atomic E-state index is 10.3. The Labute approximate surface area is 181 Å². The summed E-state index contributed by atoms with van der Waals surface area (Å²) in [6.07, 6.45) is 19.0. The van der Waals surface area contributed by atoms with Crippen LogP contribution in [0.25, 0.3) is 0 Å². The first-order valence-electron chi connectivity index (χ1n) is 10.5. The standard InChI is InChI=1S/C18H36O2.C3H6O3.Ti/c1-2-3-4-5-6-7-8-9-10-11-12-13-14-15-16-17-18(19)20;1-2(4)3(5)6;/h2-17H2,1H3,(H,19,20);2,4H,1H3,(H,5,6);. The van der Waals surface area contributed by atoms with Crippen molar-refractivity contribution in [3.05, 3.63) is 0 Å². The Hall–Kier alpha value is -0.386. The third-order valence-electron chi connectivity index (χ3n) is 4.35. The zero-order valence-electron chi connectivity index (χ0n) is 17.5. The molecule has 0 aromatic heterocycles. The molecule has 0 aromatic rings. The Bertz CT molecular complexity index is 322. The molecule has 6 heteroatoms. The second-order valence-electron chi connectivity index (χ2n) is 7.11. The molecule has 0 aromatic carbocycles. The minimum Gasteiger partial charge on any atom is -0.481 e. The molecule has 3 N–H and O–H groups in total. The fourth-order valence-electron chi connectivity index (χ4n) is 2.65. The number of rotatable bonds is 17. The van der Waals surface area contributed by atoms with E-state index in [1.54, 1.807) is 0 Å². The van der Waals surface area contributed by atoms with Gasteiger partial charge in [-0.3, -0.25) is 4.79 Å². The van der Waals surface area contributed by atoms with Crippen LogP contribution in [0.15, 0.2) is 0 Å². The first-order valence-corrected chi connectivity index (χ1v) is 10.5. The van der Waals surface area contributed by atoms with Gasteiger partial charge in [0.1, 0.15) is 6.10 Å². The largest absolute Gasteiger partial charge is 0.481 e. The summed E-state index contributed by atoms with van der Waals surface area (Å²) in [6, 6.07) is 0. The van der Waals surface area contributed by atoms with Gasteiger partial charge in [0.15, 0.2) is 0 Å². The van der Waals surface area contributed by atoms with E-state index in [1.807, 2.05) is 0 Å². The molecular formula is C21H42O5Ti. The topological polar surface area (TPSA) is 94.8 Å².